The molecule has 0 heterocycles. The van der Waals surface area contributed by atoms with Crippen LogP contribution in [0.2, 0.25) is 5.02 Å². The van der Waals surface area contributed by atoms with Crippen molar-refractivity contribution < 1.29 is 5.11 Å². The van der Waals surface area contributed by atoms with E-state index in [0.29, 0.717) is 5.92 Å². The van der Waals surface area contributed by atoms with Crippen LogP contribution in [0.1, 0.15) is 32.8 Å². The van der Waals surface area contributed by atoms with E-state index in [1.165, 1.54) is 5.56 Å². The fourth-order valence-electron chi connectivity index (χ4n) is 1.93. The smallest absolute Gasteiger partial charge is 0.0471 e. The molecular formula is C15H24ClNO. The van der Waals surface area contributed by atoms with E-state index < -0.39 is 0 Å². The van der Waals surface area contributed by atoms with E-state index in [1.54, 1.807) is 0 Å². The summed E-state index contributed by atoms with van der Waals surface area (Å²) in [7, 11) is 0. The molecule has 2 N–H and O–H groups in total. The topological polar surface area (TPSA) is 32.3 Å². The highest BCUT2D eigenvalue weighted by Crippen LogP contribution is 2.23. The molecule has 2 nitrogen and oxygen atoms in total. The van der Waals surface area contributed by atoms with Crippen molar-refractivity contribution in [3.63, 3.8) is 0 Å². The SMILES string of the molecule is CCC(CO)CNCC(C)(C)c1ccc(Cl)cc1. The molecule has 0 aliphatic carbocycles. The first-order chi connectivity index (χ1) is 8.49. The Kier molecular flexibility index (Phi) is 6.13. The van der Waals surface area contributed by atoms with Crippen molar-refractivity contribution in [3.05, 3.63) is 34.9 Å². The zero-order valence-electron chi connectivity index (χ0n) is 11.5. The lowest BCUT2D eigenvalue weighted by Gasteiger charge is -2.27. The Labute approximate surface area is 115 Å². The molecule has 0 radical (unpaired) electrons. The first-order valence-corrected chi connectivity index (χ1v) is 6.95. The van der Waals surface area contributed by atoms with E-state index in [4.69, 9.17) is 16.7 Å². The van der Waals surface area contributed by atoms with Gasteiger partial charge in [0.25, 0.3) is 0 Å². The third-order valence-electron chi connectivity index (χ3n) is 3.46. The van der Waals surface area contributed by atoms with Crippen molar-refractivity contribution in [3.8, 4) is 0 Å². The van der Waals surface area contributed by atoms with Crippen molar-refractivity contribution in [1.29, 1.82) is 0 Å². The van der Waals surface area contributed by atoms with Crippen LogP contribution >= 0.6 is 11.6 Å². The first kappa shape index (κ1) is 15.5. The monoisotopic (exact) mass is 269 g/mol. The van der Waals surface area contributed by atoms with Gasteiger partial charge in [-0.3, -0.25) is 0 Å². The average Bonchev–Trinajstić information content (AvgIpc) is 2.35. The molecule has 1 unspecified atom stereocenters. The van der Waals surface area contributed by atoms with Gasteiger partial charge < -0.3 is 10.4 Å². The minimum absolute atomic E-state index is 0.0678. The lowest BCUT2D eigenvalue weighted by Crippen LogP contribution is -2.36. The summed E-state index contributed by atoms with van der Waals surface area (Å²) in [5.74, 6) is 0.353. The summed E-state index contributed by atoms with van der Waals surface area (Å²) >= 11 is 5.90. The maximum absolute atomic E-state index is 9.15. The van der Waals surface area contributed by atoms with E-state index >= 15 is 0 Å². The highest BCUT2D eigenvalue weighted by atomic mass is 35.5. The van der Waals surface area contributed by atoms with Crippen LogP contribution in [0.5, 0.6) is 0 Å². The van der Waals surface area contributed by atoms with Gasteiger partial charge >= 0.3 is 0 Å². The number of nitrogens with one attached hydrogen (secondary N) is 1. The third kappa shape index (κ3) is 4.60. The molecule has 1 rings (SSSR count). The third-order valence-corrected chi connectivity index (χ3v) is 3.71. The summed E-state index contributed by atoms with van der Waals surface area (Å²) in [5.41, 5.74) is 1.34. The summed E-state index contributed by atoms with van der Waals surface area (Å²) in [6.45, 7) is 8.54. The minimum Gasteiger partial charge on any atom is -0.396 e. The molecule has 0 spiro atoms. The van der Waals surface area contributed by atoms with Crippen LogP contribution in [-0.4, -0.2) is 24.8 Å². The predicted octanol–water partition coefficient (Wildman–Crippen LogP) is 3.23. The number of hydrogen-bond acceptors (Lipinski definition) is 2. The van der Waals surface area contributed by atoms with Crippen molar-refractivity contribution in [2.24, 2.45) is 5.92 Å². The van der Waals surface area contributed by atoms with Crippen LogP contribution < -0.4 is 5.32 Å². The Balaban J connectivity index is 2.51. The number of benzene rings is 1. The normalized spacial score (nSPS) is 13.6. The zero-order chi connectivity index (χ0) is 13.6. The molecule has 1 aromatic rings. The van der Waals surface area contributed by atoms with E-state index in [0.717, 1.165) is 24.5 Å². The van der Waals surface area contributed by atoms with Gasteiger partial charge in [-0.05, 0) is 30.0 Å². The van der Waals surface area contributed by atoms with Gasteiger partial charge in [0, 0.05) is 30.1 Å². The summed E-state index contributed by atoms with van der Waals surface area (Å²) < 4.78 is 0. The Morgan fingerprint density at radius 3 is 2.39 bits per heavy atom. The minimum atomic E-state index is 0.0678. The summed E-state index contributed by atoms with van der Waals surface area (Å²) in [5, 5.41) is 13.4. The van der Waals surface area contributed by atoms with E-state index in [1.807, 2.05) is 12.1 Å². The standard InChI is InChI=1S/C15H24ClNO/c1-4-12(10-18)9-17-11-15(2,3)13-5-7-14(16)8-6-13/h5-8,12,17-18H,4,9-11H2,1-3H3. The van der Waals surface area contributed by atoms with Gasteiger partial charge in [-0.1, -0.05) is 44.5 Å². The van der Waals surface area contributed by atoms with Crippen LogP contribution in [0.4, 0.5) is 0 Å². The molecule has 0 saturated carbocycles. The zero-order valence-corrected chi connectivity index (χ0v) is 12.3. The predicted molar refractivity (Wildman–Crippen MR) is 78.2 cm³/mol. The molecule has 0 aliphatic rings. The average molecular weight is 270 g/mol. The molecule has 1 aromatic carbocycles. The maximum atomic E-state index is 9.15. The van der Waals surface area contributed by atoms with E-state index in [-0.39, 0.29) is 12.0 Å². The Bertz CT molecular complexity index is 344. The van der Waals surface area contributed by atoms with Crippen LogP contribution in [-0.2, 0) is 5.41 Å². The highest BCUT2D eigenvalue weighted by Gasteiger charge is 2.20. The Morgan fingerprint density at radius 2 is 1.89 bits per heavy atom. The van der Waals surface area contributed by atoms with Gasteiger partial charge in [0.1, 0.15) is 0 Å². The lowest BCUT2D eigenvalue weighted by molar-refractivity contribution is 0.216. The van der Waals surface area contributed by atoms with Crippen molar-refractivity contribution in [2.45, 2.75) is 32.6 Å². The number of hydrogen-bond donors (Lipinski definition) is 2. The molecule has 1 atom stereocenters. The van der Waals surface area contributed by atoms with Gasteiger partial charge in [0.15, 0.2) is 0 Å². The summed E-state index contributed by atoms with van der Waals surface area (Å²) in [4.78, 5) is 0. The van der Waals surface area contributed by atoms with Gasteiger partial charge in [0.2, 0.25) is 0 Å². The van der Waals surface area contributed by atoms with Gasteiger partial charge in [-0.15, -0.1) is 0 Å². The van der Waals surface area contributed by atoms with Gasteiger partial charge in [-0.2, -0.15) is 0 Å². The molecular weight excluding hydrogens is 246 g/mol. The summed E-state index contributed by atoms with van der Waals surface area (Å²) in [6, 6.07) is 8.02. The Morgan fingerprint density at radius 1 is 1.28 bits per heavy atom. The van der Waals surface area contributed by atoms with E-state index in [2.05, 4.69) is 38.2 Å². The number of rotatable bonds is 7. The molecule has 0 aliphatic heterocycles. The molecule has 0 amide bonds. The van der Waals surface area contributed by atoms with Crippen LogP contribution in [0.3, 0.4) is 0 Å². The number of aliphatic hydroxyl groups is 1. The molecule has 18 heavy (non-hydrogen) atoms. The highest BCUT2D eigenvalue weighted by molar-refractivity contribution is 6.30. The largest absolute Gasteiger partial charge is 0.396 e. The molecule has 0 fully saturated rings. The number of halogens is 1. The van der Waals surface area contributed by atoms with Crippen LogP contribution in [0.15, 0.2) is 24.3 Å². The second kappa shape index (κ2) is 7.13. The van der Waals surface area contributed by atoms with Crippen molar-refractivity contribution in [1.82, 2.24) is 5.32 Å². The van der Waals surface area contributed by atoms with Gasteiger partial charge in [0.05, 0.1) is 0 Å². The van der Waals surface area contributed by atoms with E-state index in [9.17, 15) is 0 Å². The fraction of sp³-hybridized carbons (Fsp3) is 0.600. The Hall–Kier alpha value is -0.570. The summed E-state index contributed by atoms with van der Waals surface area (Å²) in [6.07, 6.45) is 1.00. The first-order valence-electron chi connectivity index (χ1n) is 6.57. The maximum Gasteiger partial charge on any atom is 0.0471 e. The van der Waals surface area contributed by atoms with Crippen molar-refractivity contribution >= 4 is 11.6 Å². The van der Waals surface area contributed by atoms with Crippen LogP contribution in [0.25, 0.3) is 0 Å². The lowest BCUT2D eigenvalue weighted by atomic mass is 9.84. The quantitative estimate of drug-likeness (QED) is 0.797. The molecule has 0 saturated heterocycles. The molecule has 0 aromatic heterocycles. The van der Waals surface area contributed by atoms with Crippen LogP contribution in [0, 0.1) is 5.92 Å². The molecule has 0 bridgehead atoms. The van der Waals surface area contributed by atoms with Gasteiger partial charge in [-0.25, -0.2) is 0 Å². The second-order valence-electron chi connectivity index (χ2n) is 5.48. The number of aliphatic hydroxyl groups excluding tert-OH is 1. The second-order valence-corrected chi connectivity index (χ2v) is 5.91. The molecule has 102 valence electrons. The fourth-order valence-corrected chi connectivity index (χ4v) is 2.06. The van der Waals surface area contributed by atoms with Crippen molar-refractivity contribution in [2.75, 3.05) is 19.7 Å². The molecule has 3 heteroatoms.